The fourth-order valence-corrected chi connectivity index (χ4v) is 5.45. The van der Waals surface area contributed by atoms with Crippen LogP contribution in [0, 0.1) is 11.8 Å². The highest BCUT2D eigenvalue weighted by atomic mass is 32.1. The Morgan fingerprint density at radius 2 is 1.48 bits per heavy atom. The maximum absolute atomic E-state index is 3.33. The number of hydrogen-bond acceptors (Lipinski definition) is 2. The van der Waals surface area contributed by atoms with E-state index < -0.39 is 0 Å². The second kappa shape index (κ2) is 8.74. The van der Waals surface area contributed by atoms with Crippen LogP contribution in [-0.4, -0.2) is 0 Å². The molecule has 0 amide bonds. The number of hydrogen-bond donors (Lipinski definition) is 0. The molecule has 4 aromatic rings. The van der Waals surface area contributed by atoms with Crippen molar-refractivity contribution in [2.45, 2.75) is 45.4 Å². The van der Waals surface area contributed by atoms with Crippen molar-refractivity contribution in [3.05, 3.63) is 69.9 Å². The average molecular weight is 389 g/mol. The van der Waals surface area contributed by atoms with Gasteiger partial charge in [0.1, 0.15) is 0 Å². The zero-order valence-corrected chi connectivity index (χ0v) is 17.4. The molecule has 0 saturated carbocycles. The molecule has 0 unspecified atom stereocenters. The normalized spacial score (nSPS) is 11.0. The minimum absolute atomic E-state index is 1.07. The van der Waals surface area contributed by atoms with Crippen LogP contribution in [0.4, 0.5) is 0 Å². The van der Waals surface area contributed by atoms with Gasteiger partial charge >= 0.3 is 0 Å². The summed E-state index contributed by atoms with van der Waals surface area (Å²) < 4.78 is 2.75. The summed E-state index contributed by atoms with van der Waals surface area (Å²) in [5.41, 5.74) is 1.07. The van der Waals surface area contributed by atoms with Gasteiger partial charge in [-0.15, -0.1) is 22.7 Å². The Kier molecular flexibility index (Phi) is 5.92. The van der Waals surface area contributed by atoms with Gasteiger partial charge in [-0.05, 0) is 60.0 Å². The molecule has 2 aromatic carbocycles. The molecule has 2 heteroatoms. The molecular weight excluding hydrogens is 364 g/mol. The summed E-state index contributed by atoms with van der Waals surface area (Å²) >= 11 is 3.76. The van der Waals surface area contributed by atoms with Crippen molar-refractivity contribution >= 4 is 42.8 Å². The standard InChI is InChI=1S/C25H24S2/c1-2-3-4-5-9-12-22-15-20-17-25-21(18-24(20)26-22)16-23(27-25)14-13-19-10-7-6-8-11-19/h6-8,10-11,15-18H,2-5,9,12H2,1H3. The molecule has 0 aliphatic heterocycles. The third-order valence-corrected chi connectivity index (χ3v) is 7.01. The number of benzene rings is 2. The highest BCUT2D eigenvalue weighted by Gasteiger charge is 2.06. The van der Waals surface area contributed by atoms with Gasteiger partial charge in [0.15, 0.2) is 0 Å². The molecule has 0 N–H and O–H groups in total. The molecule has 2 heterocycles. The minimum atomic E-state index is 1.07. The topological polar surface area (TPSA) is 0 Å². The maximum atomic E-state index is 3.33. The summed E-state index contributed by atoms with van der Waals surface area (Å²) in [5, 5.41) is 2.71. The first-order chi connectivity index (χ1) is 13.3. The van der Waals surface area contributed by atoms with Gasteiger partial charge in [-0.1, -0.05) is 62.6 Å². The quantitative estimate of drug-likeness (QED) is 0.232. The monoisotopic (exact) mass is 388 g/mol. The molecule has 0 nitrogen and oxygen atoms in total. The Morgan fingerprint density at radius 3 is 2.30 bits per heavy atom. The molecule has 0 aliphatic rings. The fourth-order valence-electron chi connectivity index (χ4n) is 3.37. The van der Waals surface area contributed by atoms with Crippen LogP contribution < -0.4 is 0 Å². The van der Waals surface area contributed by atoms with Gasteiger partial charge in [0.2, 0.25) is 0 Å². The number of unbranched alkanes of at least 4 members (excludes halogenated alkanes) is 4. The SMILES string of the molecule is CCCCCCCc1cc2cc3sc(C#Cc4ccccc4)cc3cc2s1. The summed E-state index contributed by atoms with van der Waals surface area (Å²) in [6.07, 6.45) is 7.98. The molecule has 0 radical (unpaired) electrons. The lowest BCUT2D eigenvalue weighted by atomic mass is 10.1. The molecule has 0 atom stereocenters. The smallest absolute Gasteiger partial charge is 0.0784 e. The lowest BCUT2D eigenvalue weighted by Gasteiger charge is -1.97. The highest BCUT2D eigenvalue weighted by Crippen LogP contribution is 2.34. The first-order valence-corrected chi connectivity index (χ1v) is 11.5. The van der Waals surface area contributed by atoms with Gasteiger partial charge in [0.25, 0.3) is 0 Å². The van der Waals surface area contributed by atoms with Crippen LogP contribution in [-0.2, 0) is 6.42 Å². The Balaban J connectivity index is 1.51. The molecular formula is C25H24S2. The third-order valence-electron chi connectivity index (χ3n) is 4.84. The second-order valence-electron chi connectivity index (χ2n) is 7.03. The zero-order chi connectivity index (χ0) is 18.5. The lowest BCUT2D eigenvalue weighted by Crippen LogP contribution is -1.81. The largest absolute Gasteiger partial charge is 0.140 e. The molecule has 136 valence electrons. The molecule has 0 saturated heterocycles. The van der Waals surface area contributed by atoms with E-state index in [4.69, 9.17) is 0 Å². The Morgan fingerprint density at radius 1 is 0.741 bits per heavy atom. The third kappa shape index (κ3) is 4.61. The van der Waals surface area contributed by atoms with E-state index in [1.54, 1.807) is 11.3 Å². The zero-order valence-electron chi connectivity index (χ0n) is 15.8. The van der Waals surface area contributed by atoms with E-state index >= 15 is 0 Å². The van der Waals surface area contributed by atoms with Crippen LogP contribution in [0.25, 0.3) is 20.2 Å². The van der Waals surface area contributed by atoms with Crippen LogP contribution in [0.2, 0.25) is 0 Å². The molecule has 4 rings (SSSR count). The molecule has 27 heavy (non-hydrogen) atoms. The number of fused-ring (bicyclic) bond motifs is 2. The van der Waals surface area contributed by atoms with Crippen molar-refractivity contribution in [2.24, 2.45) is 0 Å². The van der Waals surface area contributed by atoms with Crippen LogP contribution in [0.5, 0.6) is 0 Å². The van der Waals surface area contributed by atoms with Crippen molar-refractivity contribution in [1.82, 2.24) is 0 Å². The minimum Gasteiger partial charge on any atom is -0.140 e. The van der Waals surface area contributed by atoms with Gasteiger partial charge in [0.05, 0.1) is 4.88 Å². The summed E-state index contributed by atoms with van der Waals surface area (Å²) in [5.74, 6) is 6.59. The van der Waals surface area contributed by atoms with Crippen molar-refractivity contribution in [2.75, 3.05) is 0 Å². The molecule has 0 fully saturated rings. The van der Waals surface area contributed by atoms with Gasteiger partial charge in [-0.2, -0.15) is 0 Å². The van der Waals surface area contributed by atoms with E-state index in [0.717, 1.165) is 10.4 Å². The maximum Gasteiger partial charge on any atom is 0.0784 e. The van der Waals surface area contributed by atoms with E-state index in [0.29, 0.717) is 0 Å². The Bertz CT molecular complexity index is 1040. The fraction of sp³-hybridized carbons (Fsp3) is 0.280. The first kappa shape index (κ1) is 18.3. The Hall–Kier alpha value is -2.08. The second-order valence-corrected chi connectivity index (χ2v) is 9.28. The van der Waals surface area contributed by atoms with Gasteiger partial charge < -0.3 is 0 Å². The van der Waals surface area contributed by atoms with Gasteiger partial charge in [-0.25, -0.2) is 0 Å². The van der Waals surface area contributed by atoms with Crippen molar-refractivity contribution < 1.29 is 0 Å². The lowest BCUT2D eigenvalue weighted by molar-refractivity contribution is 0.634. The number of rotatable bonds is 6. The Labute approximate surface area is 169 Å². The van der Waals surface area contributed by atoms with E-state index in [2.05, 4.69) is 55.2 Å². The molecule has 2 aromatic heterocycles. The van der Waals surface area contributed by atoms with Gasteiger partial charge in [0, 0.05) is 19.8 Å². The summed E-state index contributed by atoms with van der Waals surface area (Å²) in [4.78, 5) is 2.67. The average Bonchev–Trinajstić information content (AvgIpc) is 3.27. The van der Waals surface area contributed by atoms with Crippen LogP contribution in [0.15, 0.2) is 54.6 Å². The van der Waals surface area contributed by atoms with Crippen molar-refractivity contribution in [3.63, 3.8) is 0 Å². The van der Waals surface area contributed by atoms with Gasteiger partial charge in [-0.3, -0.25) is 0 Å². The van der Waals surface area contributed by atoms with Crippen LogP contribution >= 0.6 is 22.7 Å². The molecule has 0 spiro atoms. The van der Waals surface area contributed by atoms with E-state index in [-0.39, 0.29) is 0 Å². The number of thiophene rings is 2. The van der Waals surface area contributed by atoms with E-state index in [1.807, 2.05) is 29.5 Å². The predicted molar refractivity (Wildman–Crippen MR) is 122 cm³/mol. The van der Waals surface area contributed by atoms with Crippen molar-refractivity contribution in [3.8, 4) is 11.8 Å². The first-order valence-electron chi connectivity index (χ1n) is 9.85. The summed E-state index contributed by atoms with van der Waals surface area (Å²) in [6.45, 7) is 2.27. The van der Waals surface area contributed by atoms with Crippen LogP contribution in [0.1, 0.15) is 54.3 Å². The summed E-state index contributed by atoms with van der Waals surface area (Å²) in [6, 6.07) is 19.5. The highest BCUT2D eigenvalue weighted by molar-refractivity contribution is 7.21. The van der Waals surface area contributed by atoms with Crippen LogP contribution in [0.3, 0.4) is 0 Å². The molecule has 0 aliphatic carbocycles. The summed E-state index contributed by atoms with van der Waals surface area (Å²) in [7, 11) is 0. The van der Waals surface area contributed by atoms with E-state index in [9.17, 15) is 0 Å². The number of aryl methyl sites for hydroxylation is 1. The van der Waals surface area contributed by atoms with Crippen molar-refractivity contribution in [1.29, 1.82) is 0 Å². The molecule has 0 bridgehead atoms. The van der Waals surface area contributed by atoms with E-state index in [1.165, 1.54) is 63.6 Å². The predicted octanol–water partition coefficient (Wildman–Crippen LogP) is 8.03.